The third-order valence-electron chi connectivity index (χ3n) is 1.70. The molecule has 0 saturated heterocycles. The van der Waals surface area contributed by atoms with Crippen molar-refractivity contribution in [2.24, 2.45) is 7.05 Å². The Hall–Kier alpha value is -2.03. The van der Waals surface area contributed by atoms with Crippen molar-refractivity contribution in [3.63, 3.8) is 0 Å². The van der Waals surface area contributed by atoms with Crippen molar-refractivity contribution >= 4 is 22.3 Å². The highest BCUT2D eigenvalue weighted by molar-refractivity contribution is 7.18. The van der Waals surface area contributed by atoms with E-state index in [4.69, 9.17) is 5.73 Å². The second kappa shape index (κ2) is 3.28. The summed E-state index contributed by atoms with van der Waals surface area (Å²) in [6, 6.07) is 1.33. The molecule has 0 atom stereocenters. The lowest BCUT2D eigenvalue weighted by atomic mass is 10.4. The molecule has 2 rings (SSSR count). The molecular formula is C6H6N6O2S. The lowest BCUT2D eigenvalue weighted by molar-refractivity contribution is -0.392. The van der Waals surface area contributed by atoms with Gasteiger partial charge in [-0.05, 0) is 4.92 Å². The van der Waals surface area contributed by atoms with Crippen LogP contribution in [0.25, 0.3) is 10.7 Å². The zero-order valence-corrected chi connectivity index (χ0v) is 8.43. The molecule has 2 aromatic rings. The molecule has 0 unspecified atom stereocenters. The zero-order chi connectivity index (χ0) is 11.0. The summed E-state index contributed by atoms with van der Waals surface area (Å²) in [5, 5.41) is 22.6. The van der Waals surface area contributed by atoms with Gasteiger partial charge in [-0.3, -0.25) is 0 Å². The highest BCUT2D eigenvalue weighted by Gasteiger charge is 2.18. The van der Waals surface area contributed by atoms with Crippen LogP contribution in [0.3, 0.4) is 0 Å². The Bertz CT molecular complexity index is 517. The highest BCUT2D eigenvalue weighted by atomic mass is 32.1. The monoisotopic (exact) mass is 226 g/mol. The highest BCUT2D eigenvalue weighted by Crippen LogP contribution is 2.26. The molecule has 0 aliphatic carbocycles. The van der Waals surface area contributed by atoms with Gasteiger partial charge in [-0.25, -0.2) is 0 Å². The van der Waals surface area contributed by atoms with E-state index >= 15 is 0 Å². The molecule has 0 aliphatic heterocycles. The van der Waals surface area contributed by atoms with Gasteiger partial charge in [0.05, 0.1) is 6.07 Å². The summed E-state index contributed by atoms with van der Waals surface area (Å²) in [6.07, 6.45) is 0. The first-order valence-corrected chi connectivity index (χ1v) is 4.67. The lowest BCUT2D eigenvalue weighted by Gasteiger charge is -1.89. The van der Waals surface area contributed by atoms with Gasteiger partial charge in [-0.1, -0.05) is 16.4 Å². The largest absolute Gasteiger partial charge is 0.374 e. The summed E-state index contributed by atoms with van der Waals surface area (Å²) < 4.78 is 1.17. The van der Waals surface area contributed by atoms with E-state index in [0.29, 0.717) is 15.8 Å². The molecule has 0 spiro atoms. The number of nitrogen functional groups attached to an aromatic ring is 1. The lowest BCUT2D eigenvalue weighted by Crippen LogP contribution is -1.97. The van der Waals surface area contributed by atoms with Gasteiger partial charge < -0.3 is 15.8 Å². The van der Waals surface area contributed by atoms with Crippen LogP contribution in [0, 0.1) is 10.1 Å². The minimum Gasteiger partial charge on any atom is -0.374 e. The van der Waals surface area contributed by atoms with Crippen molar-refractivity contribution in [1.82, 2.24) is 20.0 Å². The van der Waals surface area contributed by atoms with Gasteiger partial charge in [-0.15, -0.1) is 14.9 Å². The Morgan fingerprint density at radius 3 is 2.80 bits per heavy atom. The van der Waals surface area contributed by atoms with E-state index in [2.05, 4.69) is 15.3 Å². The minimum absolute atomic E-state index is 0.0984. The number of aromatic nitrogens is 4. The second-order valence-electron chi connectivity index (χ2n) is 2.71. The van der Waals surface area contributed by atoms with Gasteiger partial charge in [0.25, 0.3) is 0 Å². The van der Waals surface area contributed by atoms with Crippen molar-refractivity contribution in [3.8, 4) is 10.7 Å². The number of hydrogen-bond acceptors (Lipinski definition) is 7. The fraction of sp³-hybridized carbons (Fsp3) is 0.167. The van der Waals surface area contributed by atoms with Crippen LogP contribution in [-0.2, 0) is 7.05 Å². The molecule has 9 heteroatoms. The minimum atomic E-state index is -0.513. The third kappa shape index (κ3) is 1.64. The first-order chi connectivity index (χ1) is 7.08. The van der Waals surface area contributed by atoms with Crippen molar-refractivity contribution in [1.29, 1.82) is 0 Å². The van der Waals surface area contributed by atoms with Gasteiger partial charge in [0.2, 0.25) is 5.13 Å². The third-order valence-corrected chi connectivity index (χ3v) is 2.48. The average Bonchev–Trinajstić information content (AvgIpc) is 2.71. The number of aryl methyl sites for hydroxylation is 1. The number of nitro groups is 1. The van der Waals surface area contributed by atoms with E-state index in [1.165, 1.54) is 17.8 Å². The molecule has 0 aliphatic rings. The summed E-state index contributed by atoms with van der Waals surface area (Å²) in [5.41, 5.74) is 5.80. The Morgan fingerprint density at radius 2 is 2.33 bits per heavy atom. The Balaban J connectivity index is 2.46. The number of rotatable bonds is 2. The molecule has 2 aromatic heterocycles. The maximum Gasteiger partial charge on any atom is 0.345 e. The van der Waals surface area contributed by atoms with Crippen LogP contribution in [-0.4, -0.2) is 24.9 Å². The maximum atomic E-state index is 10.6. The molecule has 0 amide bonds. The molecule has 8 nitrogen and oxygen atoms in total. The van der Waals surface area contributed by atoms with E-state index in [0.717, 1.165) is 11.3 Å². The molecule has 2 heterocycles. The topological polar surface area (TPSA) is 113 Å². The molecule has 0 fully saturated rings. The fourth-order valence-corrected chi connectivity index (χ4v) is 1.64. The standard InChI is InChI=1S/C6H6N6O2S/c1-11-4(12(13)14)2-3(10-11)5-8-9-6(7)15-5/h2H,1H3,(H2,7,9). The molecule has 78 valence electrons. The Labute approximate surface area is 87.5 Å². The van der Waals surface area contributed by atoms with E-state index in [1.807, 2.05) is 0 Å². The van der Waals surface area contributed by atoms with E-state index in [1.54, 1.807) is 0 Å². The van der Waals surface area contributed by atoms with E-state index in [-0.39, 0.29) is 5.82 Å². The summed E-state index contributed by atoms with van der Waals surface area (Å²) in [5.74, 6) is -0.0984. The van der Waals surface area contributed by atoms with Crippen molar-refractivity contribution in [3.05, 3.63) is 16.2 Å². The number of nitrogens with zero attached hydrogens (tertiary/aromatic N) is 5. The van der Waals surface area contributed by atoms with Gasteiger partial charge in [0, 0.05) is 0 Å². The average molecular weight is 226 g/mol. The second-order valence-corrected chi connectivity index (χ2v) is 3.72. The van der Waals surface area contributed by atoms with Gasteiger partial charge >= 0.3 is 5.82 Å². The van der Waals surface area contributed by atoms with Crippen molar-refractivity contribution in [2.45, 2.75) is 0 Å². The van der Waals surface area contributed by atoms with E-state index < -0.39 is 4.92 Å². The van der Waals surface area contributed by atoms with Crippen molar-refractivity contribution < 1.29 is 4.92 Å². The van der Waals surface area contributed by atoms with Gasteiger partial charge in [0.15, 0.2) is 10.7 Å². The van der Waals surface area contributed by atoms with Crippen LogP contribution in [0.5, 0.6) is 0 Å². The molecule has 15 heavy (non-hydrogen) atoms. The maximum absolute atomic E-state index is 10.6. The van der Waals surface area contributed by atoms with Crippen LogP contribution in [0.15, 0.2) is 6.07 Å². The quantitative estimate of drug-likeness (QED) is 0.586. The van der Waals surface area contributed by atoms with E-state index in [9.17, 15) is 10.1 Å². The molecule has 2 N–H and O–H groups in total. The van der Waals surface area contributed by atoms with Gasteiger partial charge in [-0.2, -0.15) is 0 Å². The molecular weight excluding hydrogens is 220 g/mol. The zero-order valence-electron chi connectivity index (χ0n) is 7.62. The van der Waals surface area contributed by atoms with Crippen LogP contribution < -0.4 is 5.73 Å². The molecule has 0 radical (unpaired) electrons. The summed E-state index contributed by atoms with van der Waals surface area (Å²) in [4.78, 5) is 10.0. The molecule has 0 aromatic carbocycles. The summed E-state index contributed by atoms with van der Waals surface area (Å²) in [7, 11) is 1.49. The first-order valence-electron chi connectivity index (χ1n) is 3.85. The van der Waals surface area contributed by atoms with Crippen LogP contribution in [0.4, 0.5) is 10.9 Å². The van der Waals surface area contributed by atoms with Crippen LogP contribution >= 0.6 is 11.3 Å². The molecule has 0 saturated carbocycles. The van der Waals surface area contributed by atoms with Crippen LogP contribution in [0.2, 0.25) is 0 Å². The summed E-state index contributed by atoms with van der Waals surface area (Å²) >= 11 is 1.13. The number of nitrogens with two attached hydrogens (primary N) is 1. The van der Waals surface area contributed by atoms with Crippen LogP contribution in [0.1, 0.15) is 0 Å². The van der Waals surface area contributed by atoms with Gasteiger partial charge in [0.1, 0.15) is 7.05 Å². The number of hydrogen-bond donors (Lipinski definition) is 1. The normalized spacial score (nSPS) is 10.5. The SMILES string of the molecule is Cn1nc(-c2nnc(N)s2)cc1[N+](=O)[O-]. The Morgan fingerprint density at radius 1 is 1.60 bits per heavy atom. The smallest absolute Gasteiger partial charge is 0.345 e. The summed E-state index contributed by atoms with van der Waals surface area (Å²) in [6.45, 7) is 0. The molecule has 0 bridgehead atoms. The predicted molar refractivity (Wildman–Crippen MR) is 53.2 cm³/mol. The van der Waals surface area contributed by atoms with Crippen molar-refractivity contribution in [2.75, 3.05) is 5.73 Å². The Kier molecular flexibility index (Phi) is 2.08. The predicted octanol–water partition coefficient (Wildman–Crippen LogP) is 0.429. The first kappa shape index (κ1) is 9.52. The number of anilines is 1. The fourth-order valence-electron chi connectivity index (χ4n) is 1.07.